The summed E-state index contributed by atoms with van der Waals surface area (Å²) < 4.78 is 27.8. The van der Waals surface area contributed by atoms with Crippen LogP contribution in [-0.2, 0) is 11.2 Å². The predicted molar refractivity (Wildman–Crippen MR) is 89.6 cm³/mol. The highest BCUT2D eigenvalue weighted by Gasteiger charge is 2.47. The van der Waals surface area contributed by atoms with Gasteiger partial charge in [-0.1, -0.05) is 6.07 Å². The quantitative estimate of drug-likeness (QED) is 0.848. The van der Waals surface area contributed by atoms with E-state index in [9.17, 15) is 5.11 Å². The van der Waals surface area contributed by atoms with Gasteiger partial charge >= 0.3 is 0 Å². The lowest BCUT2D eigenvalue weighted by atomic mass is 9.67. The standard InChI is InChI=1S/C20H18O6/c21-20-19-12(7-22-20)3-11-5-16-17(26-9-25-16)6-13(11)18(19)10-1-2-14-15(4-10)24-8-23-14/h1-2,4-6,12,18-21H,3,7-9H2. The molecule has 1 aliphatic carbocycles. The van der Waals surface area contributed by atoms with Gasteiger partial charge in [0.1, 0.15) is 0 Å². The number of rotatable bonds is 1. The van der Waals surface area contributed by atoms with E-state index in [4.69, 9.17) is 23.7 Å². The summed E-state index contributed by atoms with van der Waals surface area (Å²) in [6.45, 7) is 1.07. The highest BCUT2D eigenvalue weighted by Crippen LogP contribution is 2.52. The second-order valence-electron chi connectivity index (χ2n) is 7.26. The van der Waals surface area contributed by atoms with Crippen LogP contribution in [0.25, 0.3) is 0 Å². The molecule has 4 atom stereocenters. The van der Waals surface area contributed by atoms with Crippen molar-refractivity contribution in [2.75, 3.05) is 20.2 Å². The topological polar surface area (TPSA) is 66.4 Å². The summed E-state index contributed by atoms with van der Waals surface area (Å²) in [6, 6.07) is 10.2. The molecule has 6 rings (SSSR count). The summed E-state index contributed by atoms with van der Waals surface area (Å²) in [5, 5.41) is 10.5. The number of hydrogen-bond donors (Lipinski definition) is 1. The number of aliphatic hydroxyl groups excluding tert-OH is 1. The summed E-state index contributed by atoms with van der Waals surface area (Å²) in [5.74, 6) is 3.35. The Bertz CT molecular complexity index is 894. The number of hydrogen-bond acceptors (Lipinski definition) is 6. The van der Waals surface area contributed by atoms with Crippen molar-refractivity contribution in [3.05, 3.63) is 47.0 Å². The average molecular weight is 354 g/mol. The number of fused-ring (bicyclic) bond motifs is 4. The van der Waals surface area contributed by atoms with Crippen molar-refractivity contribution < 1.29 is 28.8 Å². The number of benzene rings is 2. The molecular weight excluding hydrogens is 336 g/mol. The minimum atomic E-state index is -0.769. The minimum absolute atomic E-state index is 0.00300. The Kier molecular flexibility index (Phi) is 2.99. The Hall–Kier alpha value is -2.44. The summed E-state index contributed by atoms with van der Waals surface area (Å²) in [7, 11) is 0. The Morgan fingerprint density at radius 3 is 2.42 bits per heavy atom. The van der Waals surface area contributed by atoms with E-state index in [1.54, 1.807) is 0 Å². The molecule has 0 aromatic heterocycles. The molecule has 2 aromatic rings. The molecule has 1 N–H and O–H groups in total. The van der Waals surface area contributed by atoms with E-state index in [2.05, 4.69) is 18.2 Å². The van der Waals surface area contributed by atoms with E-state index >= 15 is 0 Å². The zero-order valence-electron chi connectivity index (χ0n) is 14.0. The molecule has 4 unspecified atom stereocenters. The smallest absolute Gasteiger partial charge is 0.231 e. The van der Waals surface area contributed by atoms with Gasteiger partial charge < -0.3 is 28.8 Å². The first-order valence-corrected chi connectivity index (χ1v) is 8.89. The first-order chi connectivity index (χ1) is 12.8. The largest absolute Gasteiger partial charge is 0.454 e. The van der Waals surface area contributed by atoms with Gasteiger partial charge in [-0.3, -0.25) is 0 Å². The van der Waals surface area contributed by atoms with Crippen LogP contribution in [0.4, 0.5) is 0 Å². The second-order valence-corrected chi connectivity index (χ2v) is 7.26. The number of aliphatic hydroxyl groups is 1. The first-order valence-electron chi connectivity index (χ1n) is 8.89. The predicted octanol–water partition coefficient (Wildman–Crippen LogP) is 2.41. The van der Waals surface area contributed by atoms with Crippen molar-refractivity contribution >= 4 is 0 Å². The Balaban J connectivity index is 1.53. The van der Waals surface area contributed by atoms with Crippen molar-refractivity contribution in [3.63, 3.8) is 0 Å². The maximum Gasteiger partial charge on any atom is 0.231 e. The van der Waals surface area contributed by atoms with Gasteiger partial charge in [-0.05, 0) is 53.3 Å². The van der Waals surface area contributed by atoms with Gasteiger partial charge in [-0.15, -0.1) is 0 Å². The molecular formula is C20H18O6. The van der Waals surface area contributed by atoms with Crippen molar-refractivity contribution in [2.45, 2.75) is 18.6 Å². The lowest BCUT2D eigenvalue weighted by Gasteiger charge is -2.36. The van der Waals surface area contributed by atoms with E-state index in [1.165, 1.54) is 11.1 Å². The van der Waals surface area contributed by atoms with Gasteiger partial charge in [0.25, 0.3) is 0 Å². The fourth-order valence-electron chi connectivity index (χ4n) is 4.77. The van der Waals surface area contributed by atoms with Gasteiger partial charge in [0.2, 0.25) is 13.6 Å². The van der Waals surface area contributed by atoms with Crippen LogP contribution in [0.2, 0.25) is 0 Å². The van der Waals surface area contributed by atoms with E-state index in [0.29, 0.717) is 6.61 Å². The Labute approximate surface area is 150 Å². The monoisotopic (exact) mass is 354 g/mol. The van der Waals surface area contributed by atoms with Gasteiger partial charge in [0.05, 0.1) is 6.61 Å². The molecule has 1 saturated heterocycles. The molecule has 2 aromatic carbocycles. The molecule has 0 radical (unpaired) electrons. The maximum absolute atomic E-state index is 10.5. The molecule has 0 amide bonds. The van der Waals surface area contributed by atoms with Crippen molar-refractivity contribution in [3.8, 4) is 23.0 Å². The molecule has 0 spiro atoms. The van der Waals surface area contributed by atoms with E-state index in [1.807, 2.05) is 12.1 Å². The third-order valence-corrected chi connectivity index (χ3v) is 5.95. The van der Waals surface area contributed by atoms with E-state index in [-0.39, 0.29) is 31.3 Å². The lowest BCUT2D eigenvalue weighted by Crippen LogP contribution is -2.33. The Morgan fingerprint density at radius 1 is 0.846 bits per heavy atom. The summed E-state index contributed by atoms with van der Waals surface area (Å²) >= 11 is 0. The fraction of sp³-hybridized carbons (Fsp3) is 0.400. The molecule has 4 aliphatic rings. The zero-order chi connectivity index (χ0) is 17.3. The van der Waals surface area contributed by atoms with Gasteiger partial charge in [0.15, 0.2) is 29.3 Å². The van der Waals surface area contributed by atoms with Crippen LogP contribution >= 0.6 is 0 Å². The average Bonchev–Trinajstić information content (AvgIpc) is 3.37. The highest BCUT2D eigenvalue weighted by molar-refractivity contribution is 5.55. The molecule has 0 saturated carbocycles. The molecule has 0 bridgehead atoms. The van der Waals surface area contributed by atoms with Crippen molar-refractivity contribution in [1.29, 1.82) is 0 Å². The van der Waals surface area contributed by atoms with Gasteiger partial charge in [0, 0.05) is 11.8 Å². The zero-order valence-corrected chi connectivity index (χ0v) is 14.0. The van der Waals surface area contributed by atoms with Crippen LogP contribution in [0, 0.1) is 11.8 Å². The van der Waals surface area contributed by atoms with Crippen molar-refractivity contribution in [2.24, 2.45) is 11.8 Å². The normalized spacial score (nSPS) is 30.2. The van der Waals surface area contributed by atoms with Crippen LogP contribution in [0.1, 0.15) is 22.6 Å². The molecule has 3 heterocycles. The SMILES string of the molecule is OC1OCC2Cc3cc4c(cc3C(c3ccc5c(c3)OCO5)C21)OCO4. The molecule has 6 heteroatoms. The van der Waals surface area contributed by atoms with Crippen molar-refractivity contribution in [1.82, 2.24) is 0 Å². The highest BCUT2D eigenvalue weighted by atomic mass is 16.7. The second kappa shape index (κ2) is 5.28. The van der Waals surface area contributed by atoms with Gasteiger partial charge in [-0.25, -0.2) is 0 Å². The van der Waals surface area contributed by atoms with E-state index in [0.717, 1.165) is 35.0 Å². The Morgan fingerprint density at radius 2 is 1.58 bits per heavy atom. The molecule has 6 nitrogen and oxygen atoms in total. The first kappa shape index (κ1) is 14.7. The third kappa shape index (κ3) is 2.00. The number of ether oxygens (including phenoxy) is 5. The summed E-state index contributed by atoms with van der Waals surface area (Å²) in [4.78, 5) is 0. The molecule has 3 aliphatic heterocycles. The summed E-state index contributed by atoms with van der Waals surface area (Å²) in [5.41, 5.74) is 3.49. The summed E-state index contributed by atoms with van der Waals surface area (Å²) in [6.07, 6.45) is 0.100. The lowest BCUT2D eigenvalue weighted by molar-refractivity contribution is -0.0853. The van der Waals surface area contributed by atoms with Crippen LogP contribution in [0.3, 0.4) is 0 Å². The molecule has 26 heavy (non-hydrogen) atoms. The van der Waals surface area contributed by atoms with Crippen LogP contribution in [0.15, 0.2) is 30.3 Å². The third-order valence-electron chi connectivity index (χ3n) is 5.95. The van der Waals surface area contributed by atoms with Gasteiger partial charge in [-0.2, -0.15) is 0 Å². The molecule has 1 fully saturated rings. The fourth-order valence-corrected chi connectivity index (χ4v) is 4.77. The minimum Gasteiger partial charge on any atom is -0.454 e. The van der Waals surface area contributed by atoms with Crippen LogP contribution in [-0.4, -0.2) is 31.6 Å². The maximum atomic E-state index is 10.5. The van der Waals surface area contributed by atoms with Crippen LogP contribution in [0.5, 0.6) is 23.0 Å². The van der Waals surface area contributed by atoms with Crippen LogP contribution < -0.4 is 18.9 Å². The molecule has 134 valence electrons. The van der Waals surface area contributed by atoms with E-state index < -0.39 is 6.29 Å².